The zero-order valence-corrected chi connectivity index (χ0v) is 15.6. The lowest BCUT2D eigenvalue weighted by Gasteiger charge is -2.20. The highest BCUT2D eigenvalue weighted by atomic mass is 19.1. The summed E-state index contributed by atoms with van der Waals surface area (Å²) in [5.41, 5.74) is 1.96. The summed E-state index contributed by atoms with van der Waals surface area (Å²) in [5, 5.41) is 0. The Morgan fingerprint density at radius 2 is 2.04 bits per heavy atom. The SMILES string of the molecule is CCOC(=O)C1C(c2ccc(OC)c(F)c2)=NCC1c1ccc2c(c1)OCO2. The monoisotopic (exact) mass is 385 g/mol. The zero-order valence-electron chi connectivity index (χ0n) is 15.6. The van der Waals surface area contributed by atoms with Crippen molar-refractivity contribution in [2.45, 2.75) is 12.8 Å². The number of esters is 1. The minimum atomic E-state index is -0.631. The number of ether oxygens (including phenoxy) is 4. The fourth-order valence-electron chi connectivity index (χ4n) is 3.64. The molecule has 2 aliphatic heterocycles. The average molecular weight is 385 g/mol. The molecule has 0 aliphatic carbocycles. The number of rotatable bonds is 5. The predicted molar refractivity (Wildman–Crippen MR) is 99.8 cm³/mol. The number of halogens is 1. The van der Waals surface area contributed by atoms with E-state index in [-0.39, 0.29) is 31.0 Å². The third kappa shape index (κ3) is 3.17. The van der Waals surface area contributed by atoms with E-state index < -0.39 is 11.7 Å². The molecule has 28 heavy (non-hydrogen) atoms. The van der Waals surface area contributed by atoms with Crippen LogP contribution < -0.4 is 14.2 Å². The van der Waals surface area contributed by atoms with Gasteiger partial charge < -0.3 is 18.9 Å². The van der Waals surface area contributed by atoms with Crippen LogP contribution >= 0.6 is 0 Å². The molecule has 0 saturated heterocycles. The second-order valence-corrected chi connectivity index (χ2v) is 6.52. The molecule has 2 aliphatic rings. The van der Waals surface area contributed by atoms with Crippen molar-refractivity contribution in [1.29, 1.82) is 0 Å². The molecule has 0 radical (unpaired) electrons. The van der Waals surface area contributed by atoms with Crippen LogP contribution in [0.15, 0.2) is 41.4 Å². The van der Waals surface area contributed by atoms with Gasteiger partial charge in [-0.15, -0.1) is 0 Å². The van der Waals surface area contributed by atoms with Gasteiger partial charge in [-0.1, -0.05) is 6.07 Å². The van der Waals surface area contributed by atoms with Gasteiger partial charge in [-0.3, -0.25) is 9.79 Å². The van der Waals surface area contributed by atoms with E-state index in [1.165, 1.54) is 19.2 Å². The van der Waals surface area contributed by atoms with E-state index in [9.17, 15) is 9.18 Å². The largest absolute Gasteiger partial charge is 0.494 e. The molecule has 2 aromatic rings. The molecule has 4 rings (SSSR count). The Bertz CT molecular complexity index is 942. The molecule has 0 amide bonds. The van der Waals surface area contributed by atoms with Crippen molar-refractivity contribution >= 4 is 11.7 Å². The van der Waals surface area contributed by atoms with Crippen LogP contribution in [0, 0.1) is 11.7 Å². The van der Waals surface area contributed by atoms with Gasteiger partial charge in [-0.2, -0.15) is 0 Å². The average Bonchev–Trinajstić information content (AvgIpc) is 3.34. The minimum Gasteiger partial charge on any atom is -0.494 e. The number of carbonyl (C=O) groups is 1. The fraction of sp³-hybridized carbons (Fsp3) is 0.333. The predicted octanol–water partition coefficient (Wildman–Crippen LogP) is 3.33. The van der Waals surface area contributed by atoms with E-state index in [0.29, 0.717) is 29.3 Å². The molecule has 2 unspecified atom stereocenters. The van der Waals surface area contributed by atoms with Crippen molar-refractivity contribution in [2.75, 3.05) is 27.1 Å². The Balaban J connectivity index is 1.69. The van der Waals surface area contributed by atoms with Crippen LogP contribution in [0.2, 0.25) is 0 Å². The first-order chi connectivity index (χ1) is 13.6. The summed E-state index contributed by atoms with van der Waals surface area (Å²) < 4.78 is 35.3. The second kappa shape index (κ2) is 7.50. The Morgan fingerprint density at radius 1 is 1.21 bits per heavy atom. The van der Waals surface area contributed by atoms with Gasteiger partial charge in [-0.25, -0.2) is 4.39 Å². The topological polar surface area (TPSA) is 66.4 Å². The Morgan fingerprint density at radius 3 is 2.79 bits per heavy atom. The highest BCUT2D eigenvalue weighted by Crippen LogP contribution is 2.40. The fourth-order valence-corrected chi connectivity index (χ4v) is 3.64. The molecule has 2 heterocycles. The molecule has 6 nitrogen and oxygen atoms in total. The van der Waals surface area contributed by atoms with E-state index in [2.05, 4.69) is 4.99 Å². The first kappa shape index (κ1) is 18.3. The highest BCUT2D eigenvalue weighted by Gasteiger charge is 2.40. The lowest BCUT2D eigenvalue weighted by molar-refractivity contribution is -0.145. The molecule has 0 fully saturated rings. The number of carbonyl (C=O) groups excluding carboxylic acids is 1. The van der Waals surface area contributed by atoms with Crippen LogP contribution in [0.4, 0.5) is 4.39 Å². The lowest BCUT2D eigenvalue weighted by Crippen LogP contribution is -2.29. The first-order valence-electron chi connectivity index (χ1n) is 9.06. The van der Waals surface area contributed by atoms with Crippen molar-refractivity contribution in [3.05, 3.63) is 53.3 Å². The normalized spacial score (nSPS) is 20.0. The van der Waals surface area contributed by atoms with Gasteiger partial charge in [0.05, 0.1) is 19.4 Å². The molecule has 146 valence electrons. The summed E-state index contributed by atoms with van der Waals surface area (Å²) in [4.78, 5) is 17.4. The van der Waals surface area contributed by atoms with E-state index in [1.54, 1.807) is 13.0 Å². The van der Waals surface area contributed by atoms with Crippen molar-refractivity contribution in [3.63, 3.8) is 0 Å². The number of nitrogens with zero attached hydrogens (tertiary/aromatic N) is 1. The van der Waals surface area contributed by atoms with Gasteiger partial charge in [-0.05, 0) is 48.4 Å². The zero-order chi connectivity index (χ0) is 19.7. The Labute approximate surface area is 161 Å². The number of methoxy groups -OCH3 is 1. The van der Waals surface area contributed by atoms with Crippen LogP contribution in [0.1, 0.15) is 24.0 Å². The van der Waals surface area contributed by atoms with Crippen molar-refractivity contribution in [2.24, 2.45) is 10.9 Å². The number of hydrogen-bond donors (Lipinski definition) is 0. The maximum atomic E-state index is 14.2. The van der Waals surface area contributed by atoms with Gasteiger partial charge in [0, 0.05) is 12.5 Å². The molecule has 2 atom stereocenters. The van der Waals surface area contributed by atoms with Crippen LogP contribution in [0.25, 0.3) is 0 Å². The smallest absolute Gasteiger partial charge is 0.315 e. The summed E-state index contributed by atoms with van der Waals surface area (Å²) in [6.45, 7) is 2.59. The molecular weight excluding hydrogens is 365 g/mol. The molecule has 0 spiro atoms. The molecule has 2 aromatic carbocycles. The van der Waals surface area contributed by atoms with Crippen molar-refractivity contribution in [1.82, 2.24) is 0 Å². The minimum absolute atomic E-state index is 0.141. The van der Waals surface area contributed by atoms with Gasteiger partial charge in [0.1, 0.15) is 5.92 Å². The molecule has 0 aromatic heterocycles. The van der Waals surface area contributed by atoms with Crippen LogP contribution in [-0.4, -0.2) is 38.7 Å². The number of benzene rings is 2. The molecule has 7 heteroatoms. The molecule has 0 N–H and O–H groups in total. The summed E-state index contributed by atoms with van der Waals surface area (Å²) >= 11 is 0. The summed E-state index contributed by atoms with van der Waals surface area (Å²) in [7, 11) is 1.41. The van der Waals surface area contributed by atoms with Gasteiger partial charge in [0.15, 0.2) is 23.1 Å². The Hall–Kier alpha value is -3.09. The van der Waals surface area contributed by atoms with E-state index in [4.69, 9.17) is 18.9 Å². The summed E-state index contributed by atoms with van der Waals surface area (Å²) in [5.74, 6) is -0.282. The first-order valence-corrected chi connectivity index (χ1v) is 9.06. The van der Waals surface area contributed by atoms with Crippen LogP contribution in [-0.2, 0) is 9.53 Å². The molecule has 0 saturated carbocycles. The maximum Gasteiger partial charge on any atom is 0.315 e. The summed E-state index contributed by atoms with van der Waals surface area (Å²) in [6, 6.07) is 10.2. The van der Waals surface area contributed by atoms with Crippen LogP contribution in [0.5, 0.6) is 17.2 Å². The standard InChI is InChI=1S/C21H20FNO5/c1-3-26-21(24)19-14(12-4-7-17-18(9-12)28-11-27-17)10-23-20(19)13-5-6-16(25-2)15(22)8-13/h4-9,14,19H,3,10-11H2,1-2H3. The van der Waals surface area contributed by atoms with Crippen LogP contribution in [0.3, 0.4) is 0 Å². The second-order valence-electron chi connectivity index (χ2n) is 6.52. The third-order valence-corrected chi connectivity index (χ3v) is 4.97. The number of aliphatic imine (C=N–C) groups is 1. The van der Waals surface area contributed by atoms with Crippen molar-refractivity contribution < 1.29 is 28.1 Å². The molecule has 0 bridgehead atoms. The van der Waals surface area contributed by atoms with E-state index in [0.717, 1.165) is 5.56 Å². The molecular formula is C21H20FNO5. The number of fused-ring (bicyclic) bond motifs is 1. The maximum absolute atomic E-state index is 14.2. The summed E-state index contributed by atoms with van der Waals surface area (Å²) in [6.07, 6.45) is 0. The Kier molecular flexibility index (Phi) is 4.90. The lowest BCUT2D eigenvalue weighted by atomic mass is 9.83. The quantitative estimate of drug-likeness (QED) is 0.739. The van der Waals surface area contributed by atoms with Gasteiger partial charge in [0.2, 0.25) is 6.79 Å². The highest BCUT2D eigenvalue weighted by molar-refractivity contribution is 6.13. The van der Waals surface area contributed by atoms with Crippen molar-refractivity contribution in [3.8, 4) is 17.2 Å². The van der Waals surface area contributed by atoms with E-state index >= 15 is 0 Å². The third-order valence-electron chi connectivity index (χ3n) is 4.97. The van der Waals surface area contributed by atoms with E-state index in [1.807, 2.05) is 18.2 Å². The van der Waals surface area contributed by atoms with Gasteiger partial charge in [0.25, 0.3) is 0 Å². The van der Waals surface area contributed by atoms with Gasteiger partial charge >= 0.3 is 5.97 Å². The number of hydrogen-bond acceptors (Lipinski definition) is 6.